The first kappa shape index (κ1) is 16.4. The van der Waals surface area contributed by atoms with Crippen molar-refractivity contribution in [2.75, 3.05) is 5.32 Å². The number of rotatable bonds is 4. The van der Waals surface area contributed by atoms with E-state index in [1.54, 1.807) is 42.5 Å². The first-order chi connectivity index (χ1) is 10.9. The normalized spacial score (nSPS) is 10.0. The van der Waals surface area contributed by atoms with E-state index in [1.807, 2.05) is 6.92 Å². The molecule has 0 atom stereocenters. The Morgan fingerprint density at radius 1 is 1.00 bits per heavy atom. The molecule has 1 amide bonds. The van der Waals surface area contributed by atoms with Crippen LogP contribution in [-0.2, 0) is 4.79 Å². The van der Waals surface area contributed by atoms with E-state index in [-0.39, 0.29) is 23.0 Å². The number of ether oxygens (including phenoxy) is 1. The van der Waals surface area contributed by atoms with Gasteiger partial charge in [0.2, 0.25) is 5.91 Å². The molecule has 0 aliphatic heterocycles. The number of hydrogen-bond donors (Lipinski definition) is 1. The SMILES string of the molecule is CC(=O)Nc1cc(C(=O)Oc2ccccc2C(C)=O)ccc1C. The predicted octanol–water partition coefficient (Wildman–Crippen LogP) is 3.38. The van der Waals surface area contributed by atoms with Crippen LogP contribution in [0.3, 0.4) is 0 Å². The highest BCUT2D eigenvalue weighted by Crippen LogP contribution is 2.22. The number of para-hydroxylation sites is 1. The van der Waals surface area contributed by atoms with Gasteiger partial charge in [-0.25, -0.2) is 4.79 Å². The molecule has 5 nitrogen and oxygen atoms in total. The minimum absolute atomic E-state index is 0.184. The second-order valence-electron chi connectivity index (χ2n) is 5.15. The van der Waals surface area contributed by atoms with E-state index in [0.717, 1.165) is 5.56 Å². The van der Waals surface area contributed by atoms with Crippen molar-refractivity contribution in [1.82, 2.24) is 0 Å². The summed E-state index contributed by atoms with van der Waals surface area (Å²) in [4.78, 5) is 35.0. The molecule has 2 rings (SSSR count). The van der Waals surface area contributed by atoms with Crippen LogP contribution in [0.5, 0.6) is 5.75 Å². The second kappa shape index (κ2) is 6.87. The lowest BCUT2D eigenvalue weighted by atomic mass is 10.1. The number of Topliss-reactive ketones (excluding diaryl/α,β-unsaturated/α-hetero) is 1. The van der Waals surface area contributed by atoms with Crippen molar-refractivity contribution in [3.8, 4) is 5.75 Å². The molecule has 0 aliphatic rings. The molecular formula is C18H17NO4. The zero-order valence-corrected chi connectivity index (χ0v) is 13.2. The molecule has 118 valence electrons. The molecule has 23 heavy (non-hydrogen) atoms. The molecule has 0 fully saturated rings. The molecule has 0 aromatic heterocycles. The minimum Gasteiger partial charge on any atom is -0.422 e. The van der Waals surface area contributed by atoms with Gasteiger partial charge in [-0.2, -0.15) is 0 Å². The quantitative estimate of drug-likeness (QED) is 0.534. The van der Waals surface area contributed by atoms with E-state index in [4.69, 9.17) is 4.74 Å². The van der Waals surface area contributed by atoms with Crippen molar-refractivity contribution in [1.29, 1.82) is 0 Å². The van der Waals surface area contributed by atoms with Gasteiger partial charge in [0.1, 0.15) is 5.75 Å². The van der Waals surface area contributed by atoms with E-state index in [2.05, 4.69) is 5.32 Å². The molecule has 0 heterocycles. The highest BCUT2D eigenvalue weighted by molar-refractivity contribution is 5.99. The second-order valence-corrected chi connectivity index (χ2v) is 5.15. The van der Waals surface area contributed by atoms with Crippen molar-refractivity contribution in [2.24, 2.45) is 0 Å². The summed E-state index contributed by atoms with van der Waals surface area (Å²) >= 11 is 0. The molecule has 2 aromatic carbocycles. The summed E-state index contributed by atoms with van der Waals surface area (Å²) in [6.07, 6.45) is 0. The summed E-state index contributed by atoms with van der Waals surface area (Å²) in [5, 5.41) is 2.66. The van der Waals surface area contributed by atoms with Gasteiger partial charge in [-0.3, -0.25) is 9.59 Å². The number of nitrogens with one attached hydrogen (secondary N) is 1. The van der Waals surface area contributed by atoms with Crippen LogP contribution in [0.15, 0.2) is 42.5 Å². The molecular weight excluding hydrogens is 294 g/mol. The van der Waals surface area contributed by atoms with E-state index >= 15 is 0 Å². The smallest absolute Gasteiger partial charge is 0.343 e. The van der Waals surface area contributed by atoms with Crippen molar-refractivity contribution in [3.63, 3.8) is 0 Å². The van der Waals surface area contributed by atoms with Crippen LogP contribution in [0.25, 0.3) is 0 Å². The number of ketones is 1. The van der Waals surface area contributed by atoms with Crippen molar-refractivity contribution >= 4 is 23.3 Å². The van der Waals surface area contributed by atoms with Gasteiger partial charge in [-0.1, -0.05) is 18.2 Å². The summed E-state index contributed by atoms with van der Waals surface area (Å²) in [5.41, 5.74) is 2.01. The van der Waals surface area contributed by atoms with Gasteiger partial charge in [-0.05, 0) is 43.7 Å². The lowest BCUT2D eigenvalue weighted by Gasteiger charge is -2.10. The number of esters is 1. The van der Waals surface area contributed by atoms with Gasteiger partial charge in [0.25, 0.3) is 0 Å². The Balaban J connectivity index is 2.28. The fraction of sp³-hybridized carbons (Fsp3) is 0.167. The van der Waals surface area contributed by atoms with Gasteiger partial charge in [0.05, 0.1) is 11.1 Å². The Morgan fingerprint density at radius 3 is 2.35 bits per heavy atom. The van der Waals surface area contributed by atoms with Gasteiger partial charge >= 0.3 is 5.97 Å². The van der Waals surface area contributed by atoms with Crippen LogP contribution in [0, 0.1) is 6.92 Å². The van der Waals surface area contributed by atoms with E-state index in [9.17, 15) is 14.4 Å². The number of aryl methyl sites for hydroxylation is 1. The molecule has 5 heteroatoms. The Hall–Kier alpha value is -2.95. The summed E-state index contributed by atoms with van der Waals surface area (Å²) in [6.45, 7) is 4.63. The maximum absolute atomic E-state index is 12.3. The van der Waals surface area contributed by atoms with Gasteiger partial charge < -0.3 is 10.1 Å². The van der Waals surface area contributed by atoms with E-state index < -0.39 is 5.97 Å². The highest BCUT2D eigenvalue weighted by Gasteiger charge is 2.15. The van der Waals surface area contributed by atoms with Crippen LogP contribution in [0.1, 0.15) is 40.1 Å². The van der Waals surface area contributed by atoms with E-state index in [1.165, 1.54) is 13.8 Å². The summed E-state index contributed by atoms with van der Waals surface area (Å²) in [6, 6.07) is 11.4. The molecule has 0 spiro atoms. The molecule has 2 aromatic rings. The fourth-order valence-electron chi connectivity index (χ4n) is 2.08. The van der Waals surface area contributed by atoms with E-state index in [0.29, 0.717) is 11.3 Å². The molecule has 0 aliphatic carbocycles. The predicted molar refractivity (Wildman–Crippen MR) is 86.9 cm³/mol. The third-order valence-electron chi connectivity index (χ3n) is 3.25. The zero-order valence-electron chi connectivity index (χ0n) is 13.2. The average Bonchev–Trinajstić information content (AvgIpc) is 2.49. The molecule has 0 radical (unpaired) electrons. The number of amides is 1. The van der Waals surface area contributed by atoms with Gasteiger partial charge in [0, 0.05) is 12.6 Å². The summed E-state index contributed by atoms with van der Waals surface area (Å²) in [5.74, 6) is -0.784. The Bertz CT molecular complexity index is 780. The van der Waals surface area contributed by atoms with Crippen LogP contribution in [0.2, 0.25) is 0 Å². The fourth-order valence-corrected chi connectivity index (χ4v) is 2.08. The first-order valence-electron chi connectivity index (χ1n) is 7.09. The largest absolute Gasteiger partial charge is 0.422 e. The maximum Gasteiger partial charge on any atom is 0.343 e. The van der Waals surface area contributed by atoms with Crippen LogP contribution in [-0.4, -0.2) is 17.7 Å². The Kier molecular flexibility index (Phi) is 4.91. The summed E-state index contributed by atoms with van der Waals surface area (Å²) < 4.78 is 5.32. The number of anilines is 1. The van der Waals surface area contributed by atoms with Crippen molar-refractivity contribution < 1.29 is 19.1 Å². The topological polar surface area (TPSA) is 72.5 Å². The van der Waals surface area contributed by atoms with Gasteiger partial charge in [-0.15, -0.1) is 0 Å². The number of hydrogen-bond acceptors (Lipinski definition) is 4. The minimum atomic E-state index is -0.592. The number of carbonyl (C=O) groups excluding carboxylic acids is 3. The molecule has 0 bridgehead atoms. The highest BCUT2D eigenvalue weighted by atomic mass is 16.5. The van der Waals surface area contributed by atoms with Crippen LogP contribution < -0.4 is 10.1 Å². The van der Waals surface area contributed by atoms with Gasteiger partial charge in [0.15, 0.2) is 5.78 Å². The van der Waals surface area contributed by atoms with Crippen molar-refractivity contribution in [2.45, 2.75) is 20.8 Å². The first-order valence-corrected chi connectivity index (χ1v) is 7.09. The Labute approximate surface area is 134 Å². The average molecular weight is 311 g/mol. The molecule has 0 unspecified atom stereocenters. The third kappa shape index (κ3) is 4.03. The monoisotopic (exact) mass is 311 g/mol. The standard InChI is InChI=1S/C18H17NO4/c1-11-8-9-14(10-16(11)19-13(3)21)18(22)23-17-7-5-4-6-15(17)12(2)20/h4-10H,1-3H3,(H,19,21). The Morgan fingerprint density at radius 2 is 1.70 bits per heavy atom. The number of carbonyl (C=O) groups is 3. The lowest BCUT2D eigenvalue weighted by molar-refractivity contribution is -0.114. The lowest BCUT2D eigenvalue weighted by Crippen LogP contribution is -2.13. The molecule has 0 saturated heterocycles. The number of benzene rings is 2. The molecule has 0 saturated carbocycles. The maximum atomic E-state index is 12.3. The van der Waals surface area contributed by atoms with Crippen molar-refractivity contribution in [3.05, 3.63) is 59.2 Å². The summed E-state index contributed by atoms with van der Waals surface area (Å²) in [7, 11) is 0. The molecule has 1 N–H and O–H groups in total. The van der Waals surface area contributed by atoms with Crippen LogP contribution in [0.4, 0.5) is 5.69 Å². The zero-order chi connectivity index (χ0) is 17.0. The van der Waals surface area contributed by atoms with Crippen LogP contribution >= 0.6 is 0 Å². The third-order valence-corrected chi connectivity index (χ3v) is 3.25.